The Morgan fingerprint density at radius 1 is 1.43 bits per heavy atom. The van der Waals surface area contributed by atoms with Crippen molar-refractivity contribution in [2.45, 2.75) is 18.5 Å². The van der Waals surface area contributed by atoms with Crippen molar-refractivity contribution < 1.29 is 4.39 Å². The van der Waals surface area contributed by atoms with Crippen molar-refractivity contribution in [1.82, 2.24) is 15.1 Å². The van der Waals surface area contributed by atoms with Crippen LogP contribution in [0.4, 0.5) is 4.39 Å². The van der Waals surface area contributed by atoms with E-state index in [1.807, 2.05) is 13.1 Å². The Morgan fingerprint density at radius 2 is 2.14 bits per heavy atom. The molecular weight excluding hydrogens is 357 g/mol. The molecule has 118 valence electrons. The van der Waals surface area contributed by atoms with E-state index >= 15 is 0 Å². The predicted molar refractivity (Wildman–Crippen MR) is 89.4 cm³/mol. The third-order valence-electron chi connectivity index (χ3n) is 4.28. The fourth-order valence-corrected chi connectivity index (χ4v) is 3.32. The number of rotatable bonds is 4. The molecule has 0 bridgehead atoms. The summed E-state index contributed by atoms with van der Waals surface area (Å²) in [5.41, 5.74) is 0.632. The van der Waals surface area contributed by atoms with Crippen LogP contribution in [0, 0.1) is 5.82 Å². The van der Waals surface area contributed by atoms with E-state index in [0.29, 0.717) is 16.1 Å². The molecule has 2 rings (SSSR count). The van der Waals surface area contributed by atoms with Gasteiger partial charge in [0, 0.05) is 41.8 Å². The van der Waals surface area contributed by atoms with E-state index in [0.717, 1.165) is 26.1 Å². The molecule has 0 radical (unpaired) electrons. The van der Waals surface area contributed by atoms with Gasteiger partial charge in [-0.05, 0) is 49.6 Å². The summed E-state index contributed by atoms with van der Waals surface area (Å²) in [6, 6.07) is 3.97. The van der Waals surface area contributed by atoms with Crippen LogP contribution in [0.1, 0.15) is 18.0 Å². The average molecular weight is 379 g/mol. The minimum Gasteiger partial charge on any atom is -0.313 e. The molecule has 1 N–H and O–H groups in total. The minimum absolute atomic E-state index is 0.0467. The third-order valence-corrected chi connectivity index (χ3v) is 5.54. The molecular formula is C15H22BrClFN3. The highest BCUT2D eigenvalue weighted by molar-refractivity contribution is 9.10. The first kappa shape index (κ1) is 17.2. The molecule has 6 heteroatoms. The number of halogens is 3. The Kier molecular flexibility index (Phi) is 6.03. The number of nitrogens with zero attached hydrogens (tertiary/aromatic N) is 2. The molecule has 1 aliphatic rings. The molecule has 1 aromatic carbocycles. The maximum atomic E-state index is 14.4. The summed E-state index contributed by atoms with van der Waals surface area (Å²) in [7, 11) is 6.13. The van der Waals surface area contributed by atoms with E-state index in [4.69, 9.17) is 11.6 Å². The number of hydrogen-bond donors (Lipinski definition) is 1. The number of likely N-dealkylation sites (N-methyl/N-ethyl adjacent to an activating group) is 2. The van der Waals surface area contributed by atoms with E-state index in [1.54, 1.807) is 6.07 Å². The molecule has 0 amide bonds. The van der Waals surface area contributed by atoms with Crippen LogP contribution in [0.5, 0.6) is 0 Å². The quantitative estimate of drug-likeness (QED) is 0.812. The number of piperazine rings is 1. The van der Waals surface area contributed by atoms with Crippen molar-refractivity contribution in [2.24, 2.45) is 0 Å². The number of benzene rings is 1. The molecule has 0 aromatic heterocycles. The third kappa shape index (κ3) is 3.96. The summed E-state index contributed by atoms with van der Waals surface area (Å²) in [5.74, 6) is -0.336. The van der Waals surface area contributed by atoms with Gasteiger partial charge in [0.05, 0.1) is 5.02 Å². The minimum atomic E-state index is -0.336. The highest BCUT2D eigenvalue weighted by Crippen LogP contribution is 2.32. The number of hydrogen-bond acceptors (Lipinski definition) is 3. The summed E-state index contributed by atoms with van der Waals surface area (Å²) in [6.45, 7) is 3.12. The van der Waals surface area contributed by atoms with Crippen LogP contribution in [0.15, 0.2) is 16.6 Å². The van der Waals surface area contributed by atoms with E-state index in [2.05, 4.69) is 45.1 Å². The van der Waals surface area contributed by atoms with Crippen molar-refractivity contribution in [3.8, 4) is 0 Å². The molecule has 2 atom stereocenters. The van der Waals surface area contributed by atoms with Crippen LogP contribution in [0.25, 0.3) is 0 Å². The summed E-state index contributed by atoms with van der Waals surface area (Å²) < 4.78 is 15.0. The monoisotopic (exact) mass is 377 g/mol. The molecule has 2 unspecified atom stereocenters. The Labute approximate surface area is 139 Å². The maximum Gasteiger partial charge on any atom is 0.147 e. The highest BCUT2D eigenvalue weighted by atomic mass is 79.9. The fraction of sp³-hybridized carbons (Fsp3) is 0.600. The van der Waals surface area contributed by atoms with Gasteiger partial charge in [-0.25, -0.2) is 4.39 Å². The Morgan fingerprint density at radius 3 is 2.81 bits per heavy atom. The second-order valence-corrected chi connectivity index (χ2v) is 6.97. The van der Waals surface area contributed by atoms with E-state index in [1.165, 1.54) is 0 Å². The zero-order valence-corrected chi connectivity index (χ0v) is 15.0. The summed E-state index contributed by atoms with van der Waals surface area (Å²) >= 11 is 9.27. The van der Waals surface area contributed by atoms with E-state index in [-0.39, 0.29) is 16.9 Å². The van der Waals surface area contributed by atoms with E-state index in [9.17, 15) is 4.39 Å². The van der Waals surface area contributed by atoms with Gasteiger partial charge in [0.2, 0.25) is 0 Å². The lowest BCUT2D eigenvalue weighted by Crippen LogP contribution is -2.51. The smallest absolute Gasteiger partial charge is 0.147 e. The normalized spacial score (nSPS) is 22.5. The van der Waals surface area contributed by atoms with Crippen LogP contribution in [-0.2, 0) is 0 Å². The zero-order valence-electron chi connectivity index (χ0n) is 12.7. The van der Waals surface area contributed by atoms with Gasteiger partial charge in [-0.15, -0.1) is 0 Å². The van der Waals surface area contributed by atoms with Crippen LogP contribution >= 0.6 is 27.5 Å². The van der Waals surface area contributed by atoms with Crippen LogP contribution in [0.3, 0.4) is 0 Å². The molecule has 1 fully saturated rings. The molecule has 0 saturated carbocycles. The lowest BCUT2D eigenvalue weighted by atomic mass is 9.97. The van der Waals surface area contributed by atoms with Gasteiger partial charge in [-0.2, -0.15) is 0 Å². The molecule has 1 aromatic rings. The molecule has 1 saturated heterocycles. The standard InChI is InChI=1S/C15H22BrClFN3/c1-19-13(8-10-9-20(2)6-7-21(10)3)11-4-5-12(16)14(17)15(11)18/h4-5,10,13,19H,6-9H2,1-3H3. The van der Waals surface area contributed by atoms with Gasteiger partial charge in [-0.3, -0.25) is 0 Å². The van der Waals surface area contributed by atoms with E-state index < -0.39 is 0 Å². The summed E-state index contributed by atoms with van der Waals surface area (Å²) in [5, 5.41) is 3.38. The molecule has 1 aliphatic heterocycles. The first-order chi connectivity index (χ1) is 9.93. The predicted octanol–water partition coefficient (Wildman–Crippen LogP) is 3.14. The van der Waals surface area contributed by atoms with Gasteiger partial charge in [0.25, 0.3) is 0 Å². The topological polar surface area (TPSA) is 18.5 Å². The molecule has 3 nitrogen and oxygen atoms in total. The van der Waals surface area contributed by atoms with Gasteiger partial charge >= 0.3 is 0 Å². The van der Waals surface area contributed by atoms with Gasteiger partial charge in [-0.1, -0.05) is 17.7 Å². The SMILES string of the molecule is CNC(CC1CN(C)CCN1C)c1ccc(Br)c(Cl)c1F. The molecule has 21 heavy (non-hydrogen) atoms. The lowest BCUT2D eigenvalue weighted by molar-refractivity contribution is 0.101. The Bertz CT molecular complexity index is 500. The average Bonchev–Trinajstić information content (AvgIpc) is 2.46. The number of nitrogens with one attached hydrogen (secondary N) is 1. The van der Waals surface area contributed by atoms with Gasteiger partial charge < -0.3 is 15.1 Å². The highest BCUT2D eigenvalue weighted by Gasteiger charge is 2.27. The van der Waals surface area contributed by atoms with Gasteiger partial charge in [0.1, 0.15) is 5.82 Å². The second kappa shape index (κ2) is 7.38. The van der Waals surface area contributed by atoms with Crippen molar-refractivity contribution in [2.75, 3.05) is 40.8 Å². The van der Waals surface area contributed by atoms with Crippen LogP contribution in [-0.4, -0.2) is 56.6 Å². The van der Waals surface area contributed by atoms with Crippen LogP contribution in [0.2, 0.25) is 5.02 Å². The molecule has 0 aliphatic carbocycles. The maximum absolute atomic E-state index is 14.4. The van der Waals surface area contributed by atoms with Crippen LogP contribution < -0.4 is 5.32 Å². The first-order valence-electron chi connectivity index (χ1n) is 7.13. The van der Waals surface area contributed by atoms with Crippen molar-refractivity contribution >= 4 is 27.5 Å². The van der Waals surface area contributed by atoms with Crippen molar-refractivity contribution in [3.63, 3.8) is 0 Å². The Balaban J connectivity index is 2.18. The second-order valence-electron chi connectivity index (χ2n) is 5.74. The fourth-order valence-electron chi connectivity index (χ4n) is 2.84. The van der Waals surface area contributed by atoms with Crippen molar-refractivity contribution in [3.05, 3.63) is 33.0 Å². The first-order valence-corrected chi connectivity index (χ1v) is 8.30. The zero-order chi connectivity index (χ0) is 15.6. The lowest BCUT2D eigenvalue weighted by Gasteiger charge is -2.39. The van der Waals surface area contributed by atoms with Gasteiger partial charge in [0.15, 0.2) is 0 Å². The Hall–Kier alpha value is -0.200. The molecule has 1 heterocycles. The molecule has 0 spiro atoms. The summed E-state index contributed by atoms with van der Waals surface area (Å²) in [6.07, 6.45) is 0.853. The van der Waals surface area contributed by atoms with Crippen molar-refractivity contribution in [1.29, 1.82) is 0 Å². The largest absolute Gasteiger partial charge is 0.313 e. The summed E-state index contributed by atoms with van der Waals surface area (Å²) in [4.78, 5) is 4.67.